The van der Waals surface area contributed by atoms with Crippen molar-refractivity contribution in [1.29, 1.82) is 0 Å². The maximum Gasteiger partial charge on any atom is 0.223 e. The molecule has 4 amide bonds. The van der Waals surface area contributed by atoms with E-state index >= 15 is 0 Å². The van der Waals surface area contributed by atoms with Crippen molar-refractivity contribution in [1.82, 2.24) is 36.2 Å². The number of pyridine rings is 1. The minimum atomic E-state index is -2.79. The Kier molecular flexibility index (Phi) is 61.2. The number of nitrogens with zero attached hydrogens (tertiary/aromatic N) is 3. The van der Waals surface area contributed by atoms with Crippen LogP contribution in [0, 0.1) is 17.7 Å². The van der Waals surface area contributed by atoms with Crippen molar-refractivity contribution >= 4 is 91.3 Å². The number of sulfone groups is 1. The van der Waals surface area contributed by atoms with Crippen LogP contribution in [0.2, 0.25) is 0 Å². The zero-order valence-corrected chi connectivity index (χ0v) is 68.7. The van der Waals surface area contributed by atoms with E-state index in [0.29, 0.717) is 121 Å². The summed E-state index contributed by atoms with van der Waals surface area (Å²) in [6.45, 7) is 27.0. The number of carbonyl (C=O) groups excluding carboxylic acids is 14. The smallest absolute Gasteiger partial charge is 0.223 e. The first-order chi connectivity index (χ1) is 51.4. The summed E-state index contributed by atoms with van der Waals surface area (Å²) in [6.07, 6.45) is 22.4. The van der Waals surface area contributed by atoms with Crippen LogP contribution in [0.3, 0.4) is 0 Å². The van der Waals surface area contributed by atoms with E-state index in [1.165, 1.54) is 59.6 Å². The minimum absolute atomic E-state index is 0.0151. The summed E-state index contributed by atoms with van der Waals surface area (Å²) in [5.41, 5.74) is 3.05. The van der Waals surface area contributed by atoms with Gasteiger partial charge in [-0.2, -0.15) is 0 Å². The van der Waals surface area contributed by atoms with Gasteiger partial charge in [0, 0.05) is 151 Å². The van der Waals surface area contributed by atoms with Gasteiger partial charge in [-0.15, -0.1) is 0 Å². The van der Waals surface area contributed by atoms with E-state index in [1.807, 2.05) is 69.3 Å². The molecule has 2 aromatic carbocycles. The number of Topliss-reactive ketones (excluding diaryl/α,β-unsaturated/α-hetero) is 10. The van der Waals surface area contributed by atoms with Crippen LogP contribution in [0.25, 0.3) is 0 Å². The maximum absolute atomic E-state index is 12.9. The average Bonchev–Trinajstić information content (AvgIpc) is 1.62. The Morgan fingerprint density at radius 3 is 1.39 bits per heavy atom. The predicted octanol–water partition coefficient (Wildman–Crippen LogP) is 12.9. The molecule has 2 atom stereocenters. The van der Waals surface area contributed by atoms with Crippen molar-refractivity contribution < 1.29 is 79.9 Å². The van der Waals surface area contributed by atoms with Crippen molar-refractivity contribution in [3.05, 3.63) is 126 Å². The van der Waals surface area contributed by atoms with Crippen molar-refractivity contribution in [2.75, 3.05) is 31.1 Å². The number of hydrogen-bond acceptors (Lipinski definition) is 19. The Labute approximate surface area is 649 Å². The molecule has 1 aliphatic heterocycles. The monoisotopic (exact) mass is 1540 g/mol. The molecule has 23 nitrogen and oxygen atoms in total. The predicted molar refractivity (Wildman–Crippen MR) is 425 cm³/mol. The van der Waals surface area contributed by atoms with Crippen LogP contribution in [0.1, 0.15) is 268 Å². The molecule has 109 heavy (non-hydrogen) atoms. The van der Waals surface area contributed by atoms with Gasteiger partial charge >= 0.3 is 0 Å². The first-order valence-corrected chi connectivity index (χ1v) is 39.9. The molecule has 7 rings (SSSR count). The highest BCUT2D eigenvalue weighted by atomic mass is 32.2. The zero-order valence-electron chi connectivity index (χ0n) is 67.8. The van der Waals surface area contributed by atoms with Crippen molar-refractivity contribution in [3.8, 4) is 0 Å². The SMILES string of the molecule is CC(=O)CC1(c2ccccn2)CC1.CC(=O)CC1CCS(=O)(=O)C1.CC(=O)CCC(=O)NC1CCC1.CC(=O)CCc1ccccc1.CC(=O)CCc1ccccc1F.CC(=O)CCc1ncccn1.CCCC(C)=O.CCCCNC(=O)CCC(C)=O.CCNC(=O)C(C)CC(C)=O.CCNC(=O)CCC(C)=O. The summed E-state index contributed by atoms with van der Waals surface area (Å²) in [5.74, 6) is 2.28. The Morgan fingerprint density at radius 1 is 0.486 bits per heavy atom. The lowest BCUT2D eigenvalue weighted by Crippen LogP contribution is -2.39. The van der Waals surface area contributed by atoms with Crippen LogP contribution >= 0.6 is 0 Å². The Bertz CT molecular complexity index is 3400. The summed E-state index contributed by atoms with van der Waals surface area (Å²) in [4.78, 5) is 162. The number of aryl methyl sites for hydroxylation is 3. The number of hydrogen-bond donors (Lipinski definition) is 4. The van der Waals surface area contributed by atoms with Gasteiger partial charge in [0.05, 0.1) is 11.5 Å². The number of ketones is 10. The number of rotatable bonds is 34. The van der Waals surface area contributed by atoms with Crippen LogP contribution in [-0.2, 0) is 102 Å². The van der Waals surface area contributed by atoms with Crippen LogP contribution in [-0.4, -0.2) is 142 Å². The van der Waals surface area contributed by atoms with Gasteiger partial charge in [0.1, 0.15) is 69.5 Å². The molecule has 25 heteroatoms. The largest absolute Gasteiger partial charge is 0.356 e. The lowest BCUT2D eigenvalue weighted by Gasteiger charge is -2.26. The molecule has 2 unspecified atom stereocenters. The number of nitrogens with one attached hydrogen (secondary N) is 4. The molecular weight excluding hydrogens is 1410 g/mol. The fourth-order valence-corrected chi connectivity index (χ4v) is 11.6. The topological polar surface area (TPSA) is 360 Å². The van der Waals surface area contributed by atoms with E-state index in [1.54, 1.807) is 77.5 Å². The quantitative estimate of drug-likeness (QED) is 0.0316. The third-order valence-electron chi connectivity index (χ3n) is 16.0. The van der Waals surface area contributed by atoms with Crippen LogP contribution < -0.4 is 21.3 Å². The fraction of sp³-hybridized carbons (Fsp3) is 0.583. The highest BCUT2D eigenvalue weighted by molar-refractivity contribution is 7.91. The number of unbranched alkanes of at least 4 members (excludes halogenated alkanes) is 1. The Morgan fingerprint density at radius 2 is 0.972 bits per heavy atom. The summed E-state index contributed by atoms with van der Waals surface area (Å²) in [6, 6.07) is 24.7. The third kappa shape index (κ3) is 65.9. The van der Waals surface area contributed by atoms with Crippen LogP contribution in [0.15, 0.2) is 97.5 Å². The van der Waals surface area contributed by atoms with Crippen molar-refractivity contribution in [2.45, 2.75) is 276 Å². The number of carbonyl (C=O) groups is 14. The van der Waals surface area contributed by atoms with Gasteiger partial charge in [-0.05, 0) is 189 Å². The van der Waals surface area contributed by atoms with Gasteiger partial charge < -0.3 is 64.4 Å². The van der Waals surface area contributed by atoms with Gasteiger partial charge in [0.25, 0.3) is 0 Å². The fourth-order valence-electron chi connectivity index (χ4n) is 9.71. The lowest BCUT2D eigenvalue weighted by atomic mass is 9.93. The molecule has 4 N–H and O–H groups in total. The molecule has 0 bridgehead atoms. The molecule has 4 aromatic rings. The molecular formula is C84H128FN7O16S. The number of benzene rings is 2. The summed E-state index contributed by atoms with van der Waals surface area (Å²) in [5, 5.41) is 10.9. The van der Waals surface area contributed by atoms with Crippen LogP contribution in [0.5, 0.6) is 0 Å². The number of aromatic nitrogens is 3. The zero-order chi connectivity index (χ0) is 83.2. The van der Waals surface area contributed by atoms with E-state index in [4.69, 9.17) is 0 Å². The lowest BCUT2D eigenvalue weighted by molar-refractivity contribution is -0.128. The maximum atomic E-state index is 12.9. The van der Waals surface area contributed by atoms with E-state index in [2.05, 4.69) is 43.1 Å². The van der Waals surface area contributed by atoms with E-state index < -0.39 is 9.84 Å². The van der Waals surface area contributed by atoms with Gasteiger partial charge in [-0.25, -0.2) is 22.8 Å². The summed E-state index contributed by atoms with van der Waals surface area (Å²) in [7, 11) is -2.79. The molecule has 0 radical (unpaired) electrons. The highest BCUT2D eigenvalue weighted by Gasteiger charge is 2.46. The Balaban J connectivity index is -0.00000115. The number of amides is 4. The normalized spacial score (nSPS) is 13.5. The van der Waals surface area contributed by atoms with E-state index in [9.17, 15) is 79.9 Å². The molecule has 608 valence electrons. The van der Waals surface area contributed by atoms with Crippen molar-refractivity contribution in [3.63, 3.8) is 0 Å². The average molecular weight is 1540 g/mol. The van der Waals surface area contributed by atoms with Gasteiger partial charge in [-0.3, -0.25) is 29.0 Å². The molecule has 0 spiro atoms. The molecule has 2 aromatic heterocycles. The van der Waals surface area contributed by atoms with E-state index in [-0.39, 0.29) is 116 Å². The van der Waals surface area contributed by atoms with Crippen LogP contribution in [0.4, 0.5) is 4.39 Å². The number of halogens is 1. The van der Waals surface area contributed by atoms with Gasteiger partial charge in [0.2, 0.25) is 23.6 Å². The summed E-state index contributed by atoms with van der Waals surface area (Å²) < 4.78 is 34.8. The first kappa shape index (κ1) is 104. The molecule has 1 saturated heterocycles. The molecule has 3 fully saturated rings. The second kappa shape index (κ2) is 64.0. The van der Waals surface area contributed by atoms with Gasteiger partial charge in [-0.1, -0.05) is 81.8 Å². The third-order valence-corrected chi connectivity index (χ3v) is 17.8. The standard InChI is InChI=1S/C11H13NO.C10H11FO.C10H12O.C9H15NO2.C9H17NO2.C8H10N2O.C8H15NO2.C7H13NO2.C7H12O3S.C5H10O/c1-9(13)8-11(5-6-11)10-4-2-3-7-12-10;1-8(12)6-7-9-4-2-3-5-10(9)11;1-9(11)7-8-10-5-3-2-4-6-10;1-7(11)5-6-9(12)10-8-3-2-4-8;1-3-4-7-10-9(12)6-5-8(2)11;1-7(11)3-4-8-9-5-2-6-10-8;1-4-9-8(11)6(2)5-7(3)10;1-3-8-7(10)5-4-6(2)9;1-6(8)4-7-2-3-11(9,10)5-7;1-3-4-5(2)6/h2-4,7H,5-6,8H2,1H3;2-5H,6-7H2,1H3;2-6H,7-8H2,1H3;8H,2-6H2,1H3,(H,10,12);3-7H2,1-2H3,(H,10,12);2,5-6H,3-4H2,1H3;6H,4-5H2,1-3H3,(H,9,11);3-5H2,1-2H3,(H,8,10);7H,2-5H2,1H3;3-4H2,1-2H3. The molecule has 3 heterocycles. The summed E-state index contributed by atoms with van der Waals surface area (Å²) >= 11 is 0. The van der Waals surface area contributed by atoms with E-state index in [0.717, 1.165) is 75.9 Å². The molecule has 2 saturated carbocycles. The molecule has 2 aliphatic carbocycles. The second-order valence-corrected chi connectivity index (χ2v) is 29.7. The van der Waals surface area contributed by atoms with Gasteiger partial charge in [0.15, 0.2) is 9.84 Å². The highest BCUT2D eigenvalue weighted by Crippen LogP contribution is 2.50. The minimum Gasteiger partial charge on any atom is -0.356 e. The molecule has 3 aliphatic rings. The first-order valence-electron chi connectivity index (χ1n) is 38.1. The second-order valence-electron chi connectivity index (χ2n) is 27.5. The Hall–Kier alpha value is -8.87. The van der Waals surface area contributed by atoms with Crippen molar-refractivity contribution in [2.24, 2.45) is 11.8 Å².